The average Bonchev–Trinajstić information content (AvgIpc) is 2.50. The van der Waals surface area contributed by atoms with Crippen molar-refractivity contribution < 1.29 is 4.74 Å². The molecule has 0 spiro atoms. The summed E-state index contributed by atoms with van der Waals surface area (Å²) < 4.78 is 6.26. The Bertz CT molecular complexity index is 437. The van der Waals surface area contributed by atoms with Crippen molar-refractivity contribution in [3.8, 4) is 5.75 Å². The van der Waals surface area contributed by atoms with E-state index in [2.05, 4.69) is 19.9 Å². The summed E-state index contributed by atoms with van der Waals surface area (Å²) in [6, 6.07) is 6.01. The van der Waals surface area contributed by atoms with Crippen LogP contribution in [-0.2, 0) is 0 Å². The predicted molar refractivity (Wildman–Crippen MR) is 85.7 cm³/mol. The van der Waals surface area contributed by atoms with Crippen LogP contribution in [0.3, 0.4) is 0 Å². The van der Waals surface area contributed by atoms with E-state index in [0.717, 1.165) is 17.2 Å². The number of rotatable bonds is 5. The molecule has 2 rings (SSSR count). The van der Waals surface area contributed by atoms with Gasteiger partial charge in [0.15, 0.2) is 0 Å². The van der Waals surface area contributed by atoms with Crippen molar-refractivity contribution in [2.45, 2.75) is 63.9 Å². The SMILES string of the molecule is CCC(C)(CN)Oc1ccc(Cl)cc1C1CCCCC1. The molecule has 1 unspecified atom stereocenters. The summed E-state index contributed by atoms with van der Waals surface area (Å²) >= 11 is 6.19. The summed E-state index contributed by atoms with van der Waals surface area (Å²) in [5.41, 5.74) is 6.85. The molecule has 0 radical (unpaired) electrons. The van der Waals surface area contributed by atoms with Gasteiger partial charge in [0.25, 0.3) is 0 Å². The van der Waals surface area contributed by atoms with E-state index < -0.39 is 0 Å². The van der Waals surface area contributed by atoms with Crippen LogP contribution in [0.5, 0.6) is 5.75 Å². The summed E-state index contributed by atoms with van der Waals surface area (Å²) in [5.74, 6) is 1.55. The normalized spacial score (nSPS) is 19.6. The molecular weight excluding hydrogens is 270 g/mol. The second-order valence-electron chi connectivity index (χ2n) is 6.13. The largest absolute Gasteiger partial charge is 0.486 e. The van der Waals surface area contributed by atoms with Crippen LogP contribution in [0.4, 0.5) is 0 Å². The summed E-state index contributed by atoms with van der Waals surface area (Å²) in [4.78, 5) is 0. The molecule has 0 aliphatic heterocycles. The Morgan fingerprint density at radius 3 is 2.60 bits per heavy atom. The minimum absolute atomic E-state index is 0.294. The van der Waals surface area contributed by atoms with Gasteiger partial charge in [-0.25, -0.2) is 0 Å². The van der Waals surface area contributed by atoms with Gasteiger partial charge in [0.2, 0.25) is 0 Å². The highest BCUT2D eigenvalue weighted by Crippen LogP contribution is 2.39. The van der Waals surface area contributed by atoms with Crippen molar-refractivity contribution in [3.05, 3.63) is 28.8 Å². The van der Waals surface area contributed by atoms with Crippen LogP contribution in [-0.4, -0.2) is 12.1 Å². The maximum absolute atomic E-state index is 6.26. The Hall–Kier alpha value is -0.730. The van der Waals surface area contributed by atoms with Crippen molar-refractivity contribution in [1.82, 2.24) is 0 Å². The van der Waals surface area contributed by atoms with Crippen molar-refractivity contribution in [1.29, 1.82) is 0 Å². The number of benzene rings is 1. The maximum atomic E-state index is 6.26. The fourth-order valence-electron chi connectivity index (χ4n) is 2.87. The first-order valence-electron chi connectivity index (χ1n) is 7.76. The van der Waals surface area contributed by atoms with Gasteiger partial charge in [0, 0.05) is 11.6 Å². The molecule has 20 heavy (non-hydrogen) atoms. The number of hydrogen-bond donors (Lipinski definition) is 1. The van der Waals surface area contributed by atoms with E-state index in [4.69, 9.17) is 22.1 Å². The molecule has 0 saturated heterocycles. The Balaban J connectivity index is 2.27. The van der Waals surface area contributed by atoms with Crippen LogP contribution in [0.2, 0.25) is 5.02 Å². The van der Waals surface area contributed by atoms with Gasteiger partial charge in [-0.1, -0.05) is 37.8 Å². The number of ether oxygens (including phenoxy) is 1. The molecule has 1 atom stereocenters. The zero-order valence-electron chi connectivity index (χ0n) is 12.6. The monoisotopic (exact) mass is 295 g/mol. The van der Waals surface area contributed by atoms with Crippen molar-refractivity contribution in [2.75, 3.05) is 6.54 Å². The summed E-state index contributed by atoms with van der Waals surface area (Å²) in [6.07, 6.45) is 7.33. The van der Waals surface area contributed by atoms with Gasteiger partial charge in [0.1, 0.15) is 11.4 Å². The van der Waals surface area contributed by atoms with Gasteiger partial charge < -0.3 is 10.5 Å². The molecule has 2 N–H and O–H groups in total. The third-order valence-corrected chi connectivity index (χ3v) is 4.79. The van der Waals surface area contributed by atoms with Gasteiger partial charge >= 0.3 is 0 Å². The zero-order chi connectivity index (χ0) is 14.6. The highest BCUT2D eigenvalue weighted by Gasteiger charge is 2.26. The first kappa shape index (κ1) is 15.7. The van der Waals surface area contributed by atoms with E-state index in [0.29, 0.717) is 12.5 Å². The van der Waals surface area contributed by atoms with E-state index in [9.17, 15) is 0 Å². The quantitative estimate of drug-likeness (QED) is 0.839. The Labute approximate surface area is 127 Å². The zero-order valence-corrected chi connectivity index (χ0v) is 13.4. The van der Waals surface area contributed by atoms with Crippen molar-refractivity contribution >= 4 is 11.6 Å². The lowest BCUT2D eigenvalue weighted by Gasteiger charge is -2.31. The van der Waals surface area contributed by atoms with Crippen LogP contribution in [0.25, 0.3) is 0 Å². The summed E-state index contributed by atoms with van der Waals surface area (Å²) in [5, 5.41) is 0.795. The maximum Gasteiger partial charge on any atom is 0.123 e. The van der Waals surface area contributed by atoms with E-state index in [1.807, 2.05) is 12.1 Å². The molecule has 3 heteroatoms. The van der Waals surface area contributed by atoms with E-state index in [1.165, 1.54) is 37.7 Å². The van der Waals surface area contributed by atoms with Crippen LogP contribution in [0.15, 0.2) is 18.2 Å². The lowest BCUT2D eigenvalue weighted by molar-refractivity contribution is 0.0914. The minimum atomic E-state index is -0.294. The molecule has 112 valence electrons. The highest BCUT2D eigenvalue weighted by atomic mass is 35.5. The van der Waals surface area contributed by atoms with Gasteiger partial charge in [0.05, 0.1) is 0 Å². The summed E-state index contributed by atoms with van der Waals surface area (Å²) in [6.45, 7) is 4.71. The number of halogens is 1. The molecule has 0 bridgehead atoms. The van der Waals surface area contributed by atoms with Crippen molar-refractivity contribution in [2.24, 2.45) is 5.73 Å². The fourth-order valence-corrected chi connectivity index (χ4v) is 3.05. The second kappa shape index (κ2) is 6.82. The molecule has 0 amide bonds. The fraction of sp³-hybridized carbons (Fsp3) is 0.647. The van der Waals surface area contributed by atoms with Crippen molar-refractivity contribution in [3.63, 3.8) is 0 Å². The topological polar surface area (TPSA) is 35.2 Å². The van der Waals surface area contributed by atoms with Gasteiger partial charge in [-0.15, -0.1) is 0 Å². The van der Waals surface area contributed by atoms with Crippen LogP contribution in [0, 0.1) is 0 Å². The third-order valence-electron chi connectivity index (χ3n) is 4.55. The lowest BCUT2D eigenvalue weighted by atomic mass is 9.83. The molecule has 1 saturated carbocycles. The first-order chi connectivity index (χ1) is 9.58. The Kier molecular flexibility index (Phi) is 5.34. The highest BCUT2D eigenvalue weighted by molar-refractivity contribution is 6.30. The molecule has 1 aromatic rings. The predicted octanol–water partition coefficient (Wildman–Crippen LogP) is 4.89. The molecule has 1 fully saturated rings. The molecule has 0 heterocycles. The first-order valence-corrected chi connectivity index (χ1v) is 8.14. The smallest absolute Gasteiger partial charge is 0.123 e. The third kappa shape index (κ3) is 3.67. The second-order valence-corrected chi connectivity index (χ2v) is 6.56. The van der Waals surface area contributed by atoms with E-state index in [1.54, 1.807) is 0 Å². The van der Waals surface area contributed by atoms with Crippen LogP contribution in [0.1, 0.15) is 63.9 Å². The number of nitrogens with two attached hydrogens (primary N) is 1. The molecule has 0 aromatic heterocycles. The number of hydrogen-bond acceptors (Lipinski definition) is 2. The van der Waals surface area contributed by atoms with E-state index in [-0.39, 0.29) is 5.60 Å². The average molecular weight is 296 g/mol. The Morgan fingerprint density at radius 1 is 1.30 bits per heavy atom. The molecule has 1 aromatic carbocycles. The molecule has 1 aliphatic rings. The van der Waals surface area contributed by atoms with Gasteiger partial charge in [-0.2, -0.15) is 0 Å². The standard InChI is InChI=1S/C17H26ClNO/c1-3-17(2,12-19)20-16-10-9-14(18)11-15(16)13-7-5-4-6-8-13/h9-11,13H,3-8,12,19H2,1-2H3. The van der Waals surface area contributed by atoms with Crippen LogP contribution < -0.4 is 10.5 Å². The molecule has 1 aliphatic carbocycles. The van der Waals surface area contributed by atoms with Crippen LogP contribution >= 0.6 is 11.6 Å². The molecular formula is C17H26ClNO. The van der Waals surface area contributed by atoms with E-state index >= 15 is 0 Å². The molecule has 2 nitrogen and oxygen atoms in total. The minimum Gasteiger partial charge on any atom is -0.486 e. The Morgan fingerprint density at radius 2 is 2.00 bits per heavy atom. The van der Waals surface area contributed by atoms with Gasteiger partial charge in [-0.05, 0) is 55.9 Å². The van der Waals surface area contributed by atoms with Gasteiger partial charge in [-0.3, -0.25) is 0 Å². The lowest BCUT2D eigenvalue weighted by Crippen LogP contribution is -2.40. The summed E-state index contributed by atoms with van der Waals surface area (Å²) in [7, 11) is 0.